The molecule has 2 heterocycles. The van der Waals surface area contributed by atoms with E-state index in [-0.39, 0.29) is 0 Å². The van der Waals surface area contributed by atoms with Crippen molar-refractivity contribution in [2.24, 2.45) is 0 Å². The minimum atomic E-state index is 0.564. The molecule has 2 aromatic heterocycles. The van der Waals surface area contributed by atoms with Crippen LogP contribution in [-0.2, 0) is 19.4 Å². The number of thiazole rings is 1. The van der Waals surface area contributed by atoms with E-state index in [2.05, 4.69) is 14.5 Å². The standard InChI is InChI=1S/C14H13Cl2N3S/c15-5-3-13-18-11-2-1-10(16)9-12(11)19(13)7-4-14-17-6-8-20-14/h1-2,6,8-9H,3-5,7H2. The number of alkyl halides is 1. The molecule has 0 N–H and O–H groups in total. The van der Waals surface area contributed by atoms with Crippen molar-refractivity contribution in [3.63, 3.8) is 0 Å². The largest absolute Gasteiger partial charge is 0.327 e. The lowest BCUT2D eigenvalue weighted by molar-refractivity contribution is 0.673. The third-order valence-corrected chi connectivity index (χ3v) is 4.40. The van der Waals surface area contributed by atoms with Crippen LogP contribution in [-0.4, -0.2) is 20.4 Å². The fourth-order valence-corrected chi connectivity index (χ4v) is 3.20. The van der Waals surface area contributed by atoms with Gasteiger partial charge in [-0.15, -0.1) is 22.9 Å². The van der Waals surface area contributed by atoms with Crippen molar-refractivity contribution in [1.82, 2.24) is 14.5 Å². The van der Waals surface area contributed by atoms with Gasteiger partial charge in [0.25, 0.3) is 0 Å². The molecule has 0 amide bonds. The second-order valence-electron chi connectivity index (χ2n) is 4.43. The first-order valence-electron chi connectivity index (χ1n) is 6.37. The summed E-state index contributed by atoms with van der Waals surface area (Å²) in [6, 6.07) is 5.78. The number of aromatic nitrogens is 3. The van der Waals surface area contributed by atoms with Gasteiger partial charge in [0.1, 0.15) is 5.82 Å². The summed E-state index contributed by atoms with van der Waals surface area (Å²) < 4.78 is 2.20. The summed E-state index contributed by atoms with van der Waals surface area (Å²) in [5.41, 5.74) is 2.03. The van der Waals surface area contributed by atoms with Crippen LogP contribution in [0, 0.1) is 0 Å². The molecule has 0 saturated carbocycles. The summed E-state index contributed by atoms with van der Waals surface area (Å²) in [5, 5.41) is 3.86. The predicted molar refractivity (Wildman–Crippen MR) is 85.0 cm³/mol. The number of benzene rings is 1. The van der Waals surface area contributed by atoms with Crippen molar-refractivity contribution in [3.8, 4) is 0 Å². The molecule has 1 aromatic carbocycles. The van der Waals surface area contributed by atoms with Gasteiger partial charge in [-0.3, -0.25) is 0 Å². The molecule has 0 unspecified atom stereocenters. The van der Waals surface area contributed by atoms with Crippen molar-refractivity contribution in [2.45, 2.75) is 19.4 Å². The molecule has 3 aromatic rings. The van der Waals surface area contributed by atoms with E-state index in [0.717, 1.165) is 46.3 Å². The molecule has 6 heteroatoms. The summed E-state index contributed by atoms with van der Waals surface area (Å²) in [4.78, 5) is 8.97. The van der Waals surface area contributed by atoms with Crippen molar-refractivity contribution in [1.29, 1.82) is 0 Å². The quantitative estimate of drug-likeness (QED) is 0.659. The molecular formula is C14H13Cl2N3S. The zero-order valence-corrected chi connectivity index (χ0v) is 13.0. The predicted octanol–water partition coefficient (Wildman–Crippen LogP) is 4.17. The molecule has 20 heavy (non-hydrogen) atoms. The number of fused-ring (bicyclic) bond motifs is 1. The summed E-state index contributed by atoms with van der Waals surface area (Å²) in [6.07, 6.45) is 3.49. The number of nitrogens with zero attached hydrogens (tertiary/aromatic N) is 3. The maximum absolute atomic E-state index is 6.10. The highest BCUT2D eigenvalue weighted by Gasteiger charge is 2.11. The Morgan fingerprint density at radius 1 is 1.25 bits per heavy atom. The van der Waals surface area contributed by atoms with E-state index in [1.54, 1.807) is 11.3 Å². The van der Waals surface area contributed by atoms with Crippen molar-refractivity contribution in [3.05, 3.63) is 45.6 Å². The van der Waals surface area contributed by atoms with E-state index in [1.807, 2.05) is 29.8 Å². The molecule has 3 nitrogen and oxygen atoms in total. The Morgan fingerprint density at radius 2 is 2.15 bits per heavy atom. The molecule has 0 aliphatic heterocycles. The highest BCUT2D eigenvalue weighted by Crippen LogP contribution is 2.22. The molecule has 0 aliphatic carbocycles. The number of halogens is 2. The van der Waals surface area contributed by atoms with Gasteiger partial charge in [-0.05, 0) is 18.2 Å². The van der Waals surface area contributed by atoms with Gasteiger partial charge in [-0.2, -0.15) is 0 Å². The normalized spacial score (nSPS) is 11.3. The van der Waals surface area contributed by atoms with Gasteiger partial charge in [0.2, 0.25) is 0 Å². The lowest BCUT2D eigenvalue weighted by atomic mass is 10.3. The Hall–Kier alpha value is -1.10. The lowest BCUT2D eigenvalue weighted by Gasteiger charge is -2.07. The topological polar surface area (TPSA) is 30.7 Å². The molecule has 104 valence electrons. The zero-order chi connectivity index (χ0) is 13.9. The summed E-state index contributed by atoms with van der Waals surface area (Å²) >= 11 is 13.7. The van der Waals surface area contributed by atoms with Crippen LogP contribution in [0.15, 0.2) is 29.8 Å². The SMILES string of the molecule is ClCCc1nc2ccc(Cl)cc2n1CCc1nccs1. The number of aryl methyl sites for hydroxylation is 3. The molecule has 3 rings (SSSR count). The van der Waals surface area contributed by atoms with Crippen LogP contribution in [0.25, 0.3) is 11.0 Å². The maximum atomic E-state index is 6.10. The molecule has 0 aliphatic rings. The number of hydrogen-bond donors (Lipinski definition) is 0. The average Bonchev–Trinajstić information content (AvgIpc) is 3.04. The smallest absolute Gasteiger partial charge is 0.111 e. The molecule has 0 bridgehead atoms. The Kier molecular flexibility index (Phi) is 4.24. The highest BCUT2D eigenvalue weighted by molar-refractivity contribution is 7.09. The van der Waals surface area contributed by atoms with E-state index >= 15 is 0 Å². The van der Waals surface area contributed by atoms with Crippen LogP contribution < -0.4 is 0 Å². The van der Waals surface area contributed by atoms with Crippen LogP contribution in [0.5, 0.6) is 0 Å². The number of hydrogen-bond acceptors (Lipinski definition) is 3. The molecule has 0 fully saturated rings. The molecule has 0 atom stereocenters. The van der Waals surface area contributed by atoms with Crippen LogP contribution in [0.4, 0.5) is 0 Å². The first-order valence-corrected chi connectivity index (χ1v) is 8.16. The Labute approximate surface area is 131 Å². The van der Waals surface area contributed by atoms with Crippen molar-refractivity contribution in [2.75, 3.05) is 5.88 Å². The Morgan fingerprint density at radius 3 is 2.90 bits per heavy atom. The number of rotatable bonds is 5. The van der Waals surface area contributed by atoms with Gasteiger partial charge in [-0.25, -0.2) is 9.97 Å². The molecule has 0 radical (unpaired) electrons. The first kappa shape index (κ1) is 13.9. The maximum Gasteiger partial charge on any atom is 0.111 e. The highest BCUT2D eigenvalue weighted by atomic mass is 35.5. The Bertz CT molecular complexity index is 707. The first-order chi connectivity index (χ1) is 9.78. The van der Waals surface area contributed by atoms with E-state index in [4.69, 9.17) is 23.2 Å². The van der Waals surface area contributed by atoms with Gasteiger partial charge < -0.3 is 4.57 Å². The summed E-state index contributed by atoms with van der Waals surface area (Å²) in [7, 11) is 0. The van der Waals surface area contributed by atoms with Gasteiger partial charge in [-0.1, -0.05) is 11.6 Å². The van der Waals surface area contributed by atoms with Gasteiger partial charge in [0, 0.05) is 41.9 Å². The van der Waals surface area contributed by atoms with Gasteiger partial charge in [0.05, 0.1) is 16.0 Å². The van der Waals surface area contributed by atoms with Crippen molar-refractivity contribution >= 4 is 45.6 Å². The second kappa shape index (κ2) is 6.12. The van der Waals surface area contributed by atoms with Gasteiger partial charge >= 0.3 is 0 Å². The van der Waals surface area contributed by atoms with Crippen molar-refractivity contribution < 1.29 is 0 Å². The Balaban J connectivity index is 1.96. The molecule has 0 spiro atoms. The third kappa shape index (κ3) is 2.82. The van der Waals surface area contributed by atoms with Crippen LogP contribution >= 0.6 is 34.5 Å². The minimum absolute atomic E-state index is 0.564. The van der Waals surface area contributed by atoms with E-state index in [1.165, 1.54) is 0 Å². The van der Waals surface area contributed by atoms with Crippen LogP contribution in [0.3, 0.4) is 0 Å². The fraction of sp³-hybridized carbons (Fsp3) is 0.286. The second-order valence-corrected chi connectivity index (χ2v) is 6.22. The van der Waals surface area contributed by atoms with Crippen LogP contribution in [0.2, 0.25) is 5.02 Å². The third-order valence-electron chi connectivity index (χ3n) is 3.14. The lowest BCUT2D eigenvalue weighted by Crippen LogP contribution is -2.07. The monoisotopic (exact) mass is 325 g/mol. The van der Waals surface area contributed by atoms with E-state index in [0.29, 0.717) is 5.88 Å². The summed E-state index contributed by atoms with van der Waals surface area (Å²) in [5.74, 6) is 1.57. The van der Waals surface area contributed by atoms with Gasteiger partial charge in [0.15, 0.2) is 0 Å². The van der Waals surface area contributed by atoms with Crippen LogP contribution in [0.1, 0.15) is 10.8 Å². The van der Waals surface area contributed by atoms with E-state index in [9.17, 15) is 0 Å². The minimum Gasteiger partial charge on any atom is -0.327 e. The molecule has 0 saturated heterocycles. The number of imidazole rings is 1. The zero-order valence-electron chi connectivity index (χ0n) is 10.7. The molecular weight excluding hydrogens is 313 g/mol. The average molecular weight is 326 g/mol. The van der Waals surface area contributed by atoms with E-state index < -0.39 is 0 Å². The fourth-order valence-electron chi connectivity index (χ4n) is 2.25. The summed E-state index contributed by atoms with van der Waals surface area (Å²) in [6.45, 7) is 0.844.